The van der Waals surface area contributed by atoms with Gasteiger partial charge in [0.2, 0.25) is 0 Å². The molecule has 1 aliphatic rings. The Balaban J connectivity index is 2.31. The minimum absolute atomic E-state index is 0.619. The molecule has 2 rings (SSSR count). The number of ether oxygens (including phenoxy) is 1. The lowest BCUT2D eigenvalue weighted by Gasteiger charge is -2.32. The van der Waals surface area contributed by atoms with E-state index in [4.69, 9.17) is 4.74 Å². The summed E-state index contributed by atoms with van der Waals surface area (Å²) in [5.74, 6) is 0.941. The van der Waals surface area contributed by atoms with Crippen molar-refractivity contribution < 1.29 is 4.74 Å². The fourth-order valence-electron chi connectivity index (χ4n) is 2.21. The van der Waals surface area contributed by atoms with Crippen molar-refractivity contribution in [3.8, 4) is 5.75 Å². The van der Waals surface area contributed by atoms with Crippen LogP contribution in [0.4, 0.5) is 0 Å². The minimum atomic E-state index is 0.619. The first-order valence-electron chi connectivity index (χ1n) is 5.71. The van der Waals surface area contributed by atoms with Gasteiger partial charge in [-0.25, -0.2) is 0 Å². The molecule has 1 aromatic rings. The van der Waals surface area contributed by atoms with Crippen LogP contribution in [0.2, 0.25) is 0 Å². The van der Waals surface area contributed by atoms with Gasteiger partial charge in [-0.3, -0.25) is 4.90 Å². The smallest absolute Gasteiger partial charge is 0.133 e. The largest absolute Gasteiger partial charge is 0.496 e. The molecule has 0 aliphatic carbocycles. The van der Waals surface area contributed by atoms with Crippen LogP contribution in [0.25, 0.3) is 0 Å². The summed E-state index contributed by atoms with van der Waals surface area (Å²) in [4.78, 5) is 2.50. The molecule has 0 amide bonds. The second kappa shape index (κ2) is 4.76. The van der Waals surface area contributed by atoms with Gasteiger partial charge >= 0.3 is 0 Å². The predicted molar refractivity (Wildman–Crippen MR) is 69.9 cm³/mol. The van der Waals surface area contributed by atoms with Crippen molar-refractivity contribution in [1.29, 1.82) is 0 Å². The summed E-state index contributed by atoms with van der Waals surface area (Å²) >= 11 is 3.64. The first-order chi connectivity index (χ1) is 7.63. The number of rotatable bonds is 2. The molecule has 0 atom stereocenters. The topological polar surface area (TPSA) is 12.5 Å². The van der Waals surface area contributed by atoms with Crippen LogP contribution in [0.5, 0.6) is 5.75 Å². The van der Waals surface area contributed by atoms with E-state index in [9.17, 15) is 0 Å². The maximum Gasteiger partial charge on any atom is 0.133 e. The third-order valence-electron chi connectivity index (χ3n) is 3.28. The van der Waals surface area contributed by atoms with Crippen LogP contribution in [0.15, 0.2) is 16.6 Å². The molecule has 0 N–H and O–H groups in total. The van der Waals surface area contributed by atoms with E-state index in [1.54, 1.807) is 7.11 Å². The van der Waals surface area contributed by atoms with E-state index in [0.29, 0.717) is 6.04 Å². The summed E-state index contributed by atoms with van der Waals surface area (Å²) in [6.07, 6.45) is 1.10. The van der Waals surface area contributed by atoms with Crippen LogP contribution in [-0.2, 0) is 13.0 Å². The predicted octanol–water partition coefficient (Wildman–Crippen LogP) is 3.22. The summed E-state index contributed by atoms with van der Waals surface area (Å²) in [5, 5.41) is 0. The van der Waals surface area contributed by atoms with Gasteiger partial charge in [-0.05, 0) is 53.4 Å². The van der Waals surface area contributed by atoms with Gasteiger partial charge in [0.1, 0.15) is 5.75 Å². The average Bonchev–Trinajstić information content (AvgIpc) is 2.29. The third kappa shape index (κ3) is 2.11. The molecule has 0 saturated carbocycles. The maximum absolute atomic E-state index is 5.32. The van der Waals surface area contributed by atoms with E-state index >= 15 is 0 Å². The van der Waals surface area contributed by atoms with Crippen molar-refractivity contribution in [1.82, 2.24) is 4.90 Å². The van der Waals surface area contributed by atoms with Gasteiger partial charge in [0.25, 0.3) is 0 Å². The van der Waals surface area contributed by atoms with E-state index in [-0.39, 0.29) is 0 Å². The molecule has 0 unspecified atom stereocenters. The third-order valence-corrected chi connectivity index (χ3v) is 4.15. The molecule has 2 nitrogen and oxygen atoms in total. The zero-order valence-electron chi connectivity index (χ0n) is 10.1. The van der Waals surface area contributed by atoms with Gasteiger partial charge in [-0.1, -0.05) is 6.07 Å². The van der Waals surface area contributed by atoms with E-state index in [0.717, 1.165) is 29.7 Å². The number of nitrogens with zero attached hydrogens (tertiary/aromatic N) is 1. The Morgan fingerprint density at radius 3 is 2.75 bits per heavy atom. The molecule has 1 heterocycles. The van der Waals surface area contributed by atoms with Crippen molar-refractivity contribution >= 4 is 15.9 Å². The van der Waals surface area contributed by atoms with Gasteiger partial charge in [-0.15, -0.1) is 0 Å². The Bertz CT molecular complexity index is 390. The lowest BCUT2D eigenvalue weighted by molar-refractivity contribution is 0.203. The number of benzene rings is 1. The van der Waals surface area contributed by atoms with Gasteiger partial charge < -0.3 is 4.74 Å². The zero-order chi connectivity index (χ0) is 11.7. The lowest BCUT2D eigenvalue weighted by Crippen LogP contribution is -2.36. The SMILES string of the molecule is COc1ccc2c(c1Br)CCN(C(C)C)C2. The Morgan fingerprint density at radius 2 is 2.12 bits per heavy atom. The Labute approximate surface area is 106 Å². The molecule has 1 aliphatic heterocycles. The molecule has 0 radical (unpaired) electrons. The van der Waals surface area contributed by atoms with Crippen molar-refractivity contribution in [2.75, 3.05) is 13.7 Å². The van der Waals surface area contributed by atoms with Crippen LogP contribution in [0.1, 0.15) is 25.0 Å². The van der Waals surface area contributed by atoms with Crippen molar-refractivity contribution in [2.45, 2.75) is 32.9 Å². The number of methoxy groups -OCH3 is 1. The summed E-state index contributed by atoms with van der Waals surface area (Å²) < 4.78 is 6.46. The van der Waals surface area contributed by atoms with E-state index < -0.39 is 0 Å². The molecule has 16 heavy (non-hydrogen) atoms. The highest BCUT2D eigenvalue weighted by molar-refractivity contribution is 9.10. The van der Waals surface area contributed by atoms with Gasteiger partial charge in [0, 0.05) is 19.1 Å². The molecule has 0 saturated heterocycles. The molecule has 0 fully saturated rings. The molecular formula is C13H18BrNO. The van der Waals surface area contributed by atoms with E-state index in [1.807, 2.05) is 6.07 Å². The molecule has 3 heteroatoms. The molecule has 0 spiro atoms. The van der Waals surface area contributed by atoms with Crippen molar-refractivity contribution in [2.24, 2.45) is 0 Å². The van der Waals surface area contributed by atoms with Gasteiger partial charge in [-0.2, -0.15) is 0 Å². The lowest BCUT2D eigenvalue weighted by atomic mass is 9.98. The minimum Gasteiger partial charge on any atom is -0.496 e. The van der Waals surface area contributed by atoms with Crippen molar-refractivity contribution in [3.05, 3.63) is 27.7 Å². The fourth-order valence-corrected chi connectivity index (χ4v) is 2.96. The monoisotopic (exact) mass is 283 g/mol. The van der Waals surface area contributed by atoms with Crippen molar-refractivity contribution in [3.63, 3.8) is 0 Å². The number of fused-ring (bicyclic) bond motifs is 1. The highest BCUT2D eigenvalue weighted by Crippen LogP contribution is 2.34. The van der Waals surface area contributed by atoms with Gasteiger partial charge in [0.05, 0.1) is 11.6 Å². The average molecular weight is 284 g/mol. The summed E-state index contributed by atoms with van der Waals surface area (Å²) in [6, 6.07) is 4.86. The van der Waals surface area contributed by atoms with Crippen LogP contribution < -0.4 is 4.74 Å². The summed E-state index contributed by atoms with van der Waals surface area (Å²) in [5.41, 5.74) is 2.84. The molecule has 0 aromatic heterocycles. The maximum atomic E-state index is 5.32. The van der Waals surface area contributed by atoms with Gasteiger partial charge in [0.15, 0.2) is 0 Å². The van der Waals surface area contributed by atoms with Crippen LogP contribution in [-0.4, -0.2) is 24.6 Å². The Morgan fingerprint density at radius 1 is 1.38 bits per heavy atom. The van der Waals surface area contributed by atoms with E-state index in [1.165, 1.54) is 11.1 Å². The van der Waals surface area contributed by atoms with Crippen LogP contribution >= 0.6 is 15.9 Å². The second-order valence-electron chi connectivity index (χ2n) is 4.53. The second-order valence-corrected chi connectivity index (χ2v) is 5.33. The highest BCUT2D eigenvalue weighted by atomic mass is 79.9. The molecular weight excluding hydrogens is 266 g/mol. The fraction of sp³-hybridized carbons (Fsp3) is 0.538. The Hall–Kier alpha value is -0.540. The summed E-state index contributed by atoms with van der Waals surface area (Å²) in [6.45, 7) is 6.69. The molecule has 1 aromatic carbocycles. The molecule has 88 valence electrons. The summed E-state index contributed by atoms with van der Waals surface area (Å²) in [7, 11) is 1.72. The van der Waals surface area contributed by atoms with E-state index in [2.05, 4.69) is 40.7 Å². The number of hydrogen-bond acceptors (Lipinski definition) is 2. The Kier molecular flexibility index (Phi) is 3.55. The first kappa shape index (κ1) is 11.9. The normalized spacial score (nSPS) is 16.3. The quantitative estimate of drug-likeness (QED) is 0.826. The standard InChI is InChI=1S/C13H18BrNO/c1-9(2)15-7-6-11-10(8-15)4-5-12(16-3)13(11)14/h4-5,9H,6-8H2,1-3H3. The molecule has 0 bridgehead atoms. The first-order valence-corrected chi connectivity index (χ1v) is 6.51. The van der Waals surface area contributed by atoms with Crippen LogP contribution in [0, 0.1) is 0 Å². The van der Waals surface area contributed by atoms with Crippen LogP contribution in [0.3, 0.4) is 0 Å². The zero-order valence-corrected chi connectivity index (χ0v) is 11.7. The number of halogens is 1. The number of hydrogen-bond donors (Lipinski definition) is 0. The highest BCUT2D eigenvalue weighted by Gasteiger charge is 2.21.